The second-order valence-corrected chi connectivity index (χ2v) is 4.87. The van der Waals surface area contributed by atoms with Gasteiger partial charge in [0.25, 0.3) is 0 Å². The van der Waals surface area contributed by atoms with E-state index in [0.29, 0.717) is 6.54 Å². The van der Waals surface area contributed by atoms with Crippen molar-refractivity contribution < 1.29 is 9.52 Å². The van der Waals surface area contributed by atoms with Gasteiger partial charge in [-0.3, -0.25) is 0 Å². The number of hydrogen-bond donors (Lipinski definition) is 3. The molecule has 0 aliphatic rings. The van der Waals surface area contributed by atoms with Crippen LogP contribution in [0.15, 0.2) is 16.5 Å². The van der Waals surface area contributed by atoms with Gasteiger partial charge in [0.05, 0.1) is 6.61 Å². The lowest BCUT2D eigenvalue weighted by atomic mass is 9.90. The zero-order chi connectivity index (χ0) is 12.2. The van der Waals surface area contributed by atoms with Gasteiger partial charge in [-0.05, 0) is 19.1 Å². The van der Waals surface area contributed by atoms with Gasteiger partial charge in [-0.1, -0.05) is 13.8 Å². The minimum absolute atomic E-state index is 0.00723. The third-order valence-corrected chi connectivity index (χ3v) is 2.62. The minimum atomic E-state index is -0.200. The van der Waals surface area contributed by atoms with Crippen molar-refractivity contribution in [1.82, 2.24) is 5.32 Å². The van der Waals surface area contributed by atoms with Crippen LogP contribution >= 0.6 is 0 Å². The molecule has 1 aromatic rings. The van der Waals surface area contributed by atoms with Gasteiger partial charge < -0.3 is 20.6 Å². The molecule has 1 unspecified atom stereocenters. The van der Waals surface area contributed by atoms with Crippen molar-refractivity contribution in [3.8, 4) is 0 Å². The van der Waals surface area contributed by atoms with Crippen molar-refractivity contribution in [2.45, 2.75) is 32.2 Å². The third kappa shape index (κ3) is 3.63. The Morgan fingerprint density at radius 2 is 2.19 bits per heavy atom. The summed E-state index contributed by atoms with van der Waals surface area (Å²) in [7, 11) is 0. The molecule has 0 aliphatic heterocycles. The Balaban J connectivity index is 2.46. The number of aliphatic hydroxyl groups is 1. The molecule has 16 heavy (non-hydrogen) atoms. The standard InChI is InChI=1S/C12H22N2O2/c1-9-4-5-11(16-9)12(2,3)8-14-6-10(13)7-15/h4-5,10,14-15H,6-8,13H2,1-3H3. The van der Waals surface area contributed by atoms with Crippen LogP contribution < -0.4 is 11.1 Å². The van der Waals surface area contributed by atoms with E-state index in [1.165, 1.54) is 0 Å². The lowest BCUT2D eigenvalue weighted by Gasteiger charge is -2.23. The van der Waals surface area contributed by atoms with E-state index in [2.05, 4.69) is 19.2 Å². The van der Waals surface area contributed by atoms with Crippen LogP contribution in [0.4, 0.5) is 0 Å². The summed E-state index contributed by atoms with van der Waals surface area (Å²) in [4.78, 5) is 0. The zero-order valence-electron chi connectivity index (χ0n) is 10.3. The van der Waals surface area contributed by atoms with Gasteiger partial charge >= 0.3 is 0 Å². The molecule has 0 aliphatic carbocycles. The first-order chi connectivity index (χ1) is 7.45. The highest BCUT2D eigenvalue weighted by atomic mass is 16.3. The number of furan rings is 1. The summed E-state index contributed by atoms with van der Waals surface area (Å²) >= 11 is 0. The Bertz CT molecular complexity index is 321. The normalized spacial score (nSPS) is 14.1. The van der Waals surface area contributed by atoms with E-state index in [1.807, 2.05) is 19.1 Å². The molecule has 1 rings (SSSR count). The molecule has 0 bridgehead atoms. The quantitative estimate of drug-likeness (QED) is 0.670. The van der Waals surface area contributed by atoms with Crippen molar-refractivity contribution in [3.05, 3.63) is 23.7 Å². The molecule has 0 fully saturated rings. The van der Waals surface area contributed by atoms with E-state index in [9.17, 15) is 0 Å². The van der Waals surface area contributed by atoms with Crippen LogP contribution in [-0.4, -0.2) is 30.8 Å². The van der Waals surface area contributed by atoms with Gasteiger partial charge in [0.15, 0.2) is 0 Å². The van der Waals surface area contributed by atoms with Crippen LogP contribution in [0.1, 0.15) is 25.4 Å². The summed E-state index contributed by atoms with van der Waals surface area (Å²) in [6.07, 6.45) is 0. The van der Waals surface area contributed by atoms with Crippen LogP contribution in [0, 0.1) is 6.92 Å². The summed E-state index contributed by atoms with van der Waals surface area (Å²) < 4.78 is 5.61. The molecule has 1 heterocycles. The van der Waals surface area contributed by atoms with Crippen LogP contribution in [0.25, 0.3) is 0 Å². The molecule has 0 saturated heterocycles. The maximum Gasteiger partial charge on any atom is 0.111 e. The molecule has 92 valence electrons. The number of nitrogens with one attached hydrogen (secondary N) is 1. The molecule has 1 aromatic heterocycles. The second-order valence-electron chi connectivity index (χ2n) is 4.87. The Hall–Kier alpha value is -0.840. The second kappa shape index (κ2) is 5.48. The van der Waals surface area contributed by atoms with E-state index >= 15 is 0 Å². The van der Waals surface area contributed by atoms with Gasteiger partial charge in [-0.25, -0.2) is 0 Å². The number of nitrogens with two attached hydrogens (primary N) is 1. The van der Waals surface area contributed by atoms with Gasteiger partial charge in [0, 0.05) is 24.5 Å². The molecule has 0 saturated carbocycles. The number of aliphatic hydroxyl groups excluding tert-OH is 1. The van der Waals surface area contributed by atoms with Crippen LogP contribution in [0.2, 0.25) is 0 Å². The zero-order valence-corrected chi connectivity index (χ0v) is 10.3. The largest absolute Gasteiger partial charge is 0.466 e. The van der Waals surface area contributed by atoms with E-state index < -0.39 is 0 Å². The first-order valence-corrected chi connectivity index (χ1v) is 5.60. The van der Waals surface area contributed by atoms with Crippen LogP contribution in [0.5, 0.6) is 0 Å². The maximum atomic E-state index is 8.80. The monoisotopic (exact) mass is 226 g/mol. The predicted octanol–water partition coefficient (Wildman–Crippen LogP) is 0.775. The molecule has 1 atom stereocenters. The van der Waals surface area contributed by atoms with Gasteiger partial charge in [-0.2, -0.15) is 0 Å². The minimum Gasteiger partial charge on any atom is -0.466 e. The van der Waals surface area contributed by atoms with E-state index in [0.717, 1.165) is 18.1 Å². The highest BCUT2D eigenvalue weighted by Gasteiger charge is 2.23. The summed E-state index contributed by atoms with van der Waals surface area (Å²) in [6.45, 7) is 7.56. The molecule has 4 heteroatoms. The Labute approximate surface area is 96.8 Å². The summed E-state index contributed by atoms with van der Waals surface area (Å²) in [6, 6.07) is 3.77. The fourth-order valence-electron chi connectivity index (χ4n) is 1.52. The fourth-order valence-corrected chi connectivity index (χ4v) is 1.52. The predicted molar refractivity (Wildman–Crippen MR) is 64.4 cm³/mol. The van der Waals surface area contributed by atoms with Crippen molar-refractivity contribution in [3.63, 3.8) is 0 Å². The number of aryl methyl sites for hydroxylation is 1. The average Bonchev–Trinajstić information content (AvgIpc) is 2.65. The summed E-state index contributed by atoms with van der Waals surface area (Å²) in [5, 5.41) is 12.0. The average molecular weight is 226 g/mol. The van der Waals surface area contributed by atoms with Gasteiger partial charge in [0.1, 0.15) is 11.5 Å². The molecule has 4 nitrogen and oxygen atoms in total. The molecule has 0 spiro atoms. The molecular formula is C12H22N2O2. The molecule has 4 N–H and O–H groups in total. The van der Waals surface area contributed by atoms with E-state index in [4.69, 9.17) is 15.3 Å². The highest BCUT2D eigenvalue weighted by molar-refractivity contribution is 5.15. The number of hydrogen-bond acceptors (Lipinski definition) is 4. The van der Waals surface area contributed by atoms with Crippen LogP contribution in [0.3, 0.4) is 0 Å². The fraction of sp³-hybridized carbons (Fsp3) is 0.667. The Morgan fingerprint density at radius 3 is 2.69 bits per heavy atom. The first-order valence-electron chi connectivity index (χ1n) is 5.60. The highest BCUT2D eigenvalue weighted by Crippen LogP contribution is 2.24. The van der Waals surface area contributed by atoms with Gasteiger partial charge in [0.2, 0.25) is 0 Å². The van der Waals surface area contributed by atoms with Crippen molar-refractivity contribution in [2.75, 3.05) is 19.7 Å². The smallest absolute Gasteiger partial charge is 0.111 e. The summed E-state index contributed by atoms with van der Waals surface area (Å²) in [5.74, 6) is 1.89. The Kier molecular flexibility index (Phi) is 4.53. The molecule has 0 amide bonds. The van der Waals surface area contributed by atoms with Crippen molar-refractivity contribution >= 4 is 0 Å². The first kappa shape index (κ1) is 13.2. The van der Waals surface area contributed by atoms with Gasteiger partial charge in [-0.15, -0.1) is 0 Å². The third-order valence-electron chi connectivity index (χ3n) is 2.62. The van der Waals surface area contributed by atoms with Crippen molar-refractivity contribution in [1.29, 1.82) is 0 Å². The number of rotatable bonds is 6. The SMILES string of the molecule is Cc1ccc(C(C)(C)CNCC(N)CO)o1. The topological polar surface area (TPSA) is 71.4 Å². The van der Waals surface area contributed by atoms with Crippen molar-refractivity contribution in [2.24, 2.45) is 5.73 Å². The lowest BCUT2D eigenvalue weighted by Crippen LogP contribution is -2.41. The Morgan fingerprint density at radius 1 is 1.50 bits per heavy atom. The van der Waals surface area contributed by atoms with Crippen LogP contribution in [-0.2, 0) is 5.41 Å². The van der Waals surface area contributed by atoms with E-state index in [-0.39, 0.29) is 18.1 Å². The maximum absolute atomic E-state index is 8.80. The summed E-state index contributed by atoms with van der Waals surface area (Å²) in [5.41, 5.74) is 5.54. The van der Waals surface area contributed by atoms with E-state index in [1.54, 1.807) is 0 Å². The lowest BCUT2D eigenvalue weighted by molar-refractivity contribution is 0.258. The molecular weight excluding hydrogens is 204 g/mol. The molecule has 0 aromatic carbocycles. The molecule has 0 radical (unpaired) electrons.